The number of aromatic nitrogens is 2. The highest BCUT2D eigenvalue weighted by molar-refractivity contribution is 6.50. The number of piperidine rings is 1. The number of nitrogens with one attached hydrogen (secondary N) is 3. The fraction of sp³-hybridized carbons (Fsp3) is 0.300. The number of anilines is 1. The van der Waals surface area contributed by atoms with E-state index in [9.17, 15) is 19.5 Å². The van der Waals surface area contributed by atoms with Gasteiger partial charge in [0.1, 0.15) is 0 Å². The minimum absolute atomic E-state index is 0.224. The molecule has 9 heteroatoms. The van der Waals surface area contributed by atoms with Crippen molar-refractivity contribution in [2.75, 3.05) is 25.0 Å². The number of β-amino-alcohol motifs (C(OH)–C–C–N with tert-alkyl or cyclic N) is 1. The number of para-hydroxylation sites is 2. The van der Waals surface area contributed by atoms with E-state index in [2.05, 4.69) is 20.5 Å². The third-order valence-electron chi connectivity index (χ3n) is 7.59. The van der Waals surface area contributed by atoms with E-state index >= 15 is 0 Å². The third-order valence-corrected chi connectivity index (χ3v) is 7.59. The first-order valence-electron chi connectivity index (χ1n) is 13.4. The Balaban J connectivity index is 1.50. The second kappa shape index (κ2) is 10.2. The number of benzene rings is 2. The first kappa shape index (κ1) is 25.1. The Hall–Kier alpha value is -4.21. The predicted molar refractivity (Wildman–Crippen MR) is 151 cm³/mol. The van der Waals surface area contributed by atoms with Gasteiger partial charge in [0.25, 0.3) is 11.8 Å². The number of imide groups is 1. The minimum atomic E-state index is -0.655. The van der Waals surface area contributed by atoms with Gasteiger partial charge in [-0.05, 0) is 38.1 Å². The zero-order chi connectivity index (χ0) is 27.1. The van der Waals surface area contributed by atoms with E-state index in [0.717, 1.165) is 36.8 Å². The van der Waals surface area contributed by atoms with Crippen molar-refractivity contribution in [3.63, 3.8) is 0 Å². The van der Waals surface area contributed by atoms with E-state index in [4.69, 9.17) is 0 Å². The molecule has 0 saturated carbocycles. The third kappa shape index (κ3) is 4.64. The Morgan fingerprint density at radius 2 is 1.67 bits per heavy atom. The monoisotopic (exact) mass is 525 g/mol. The number of hydrogen-bond donors (Lipinski definition) is 4. The quantitative estimate of drug-likeness (QED) is 0.276. The molecule has 3 amide bonds. The molecule has 0 spiro atoms. The molecule has 0 bridgehead atoms. The van der Waals surface area contributed by atoms with Crippen LogP contribution in [0, 0.1) is 0 Å². The molecule has 0 aliphatic carbocycles. The average Bonchev–Trinajstić information content (AvgIpc) is 3.57. The van der Waals surface area contributed by atoms with Gasteiger partial charge >= 0.3 is 0 Å². The molecule has 0 radical (unpaired) electrons. The van der Waals surface area contributed by atoms with E-state index < -0.39 is 17.9 Å². The van der Waals surface area contributed by atoms with Crippen molar-refractivity contribution in [2.45, 2.75) is 38.8 Å². The van der Waals surface area contributed by atoms with Crippen LogP contribution < -0.4 is 10.6 Å². The molecule has 1 unspecified atom stereocenters. The predicted octanol–water partition coefficient (Wildman–Crippen LogP) is 3.50. The molecule has 1 saturated heterocycles. The van der Waals surface area contributed by atoms with E-state index in [1.807, 2.05) is 47.2 Å². The van der Waals surface area contributed by atoms with Gasteiger partial charge < -0.3 is 24.9 Å². The highest BCUT2D eigenvalue weighted by atomic mass is 16.3. The smallest absolute Gasteiger partial charge is 0.259 e. The Morgan fingerprint density at radius 1 is 0.949 bits per heavy atom. The Kier molecular flexibility index (Phi) is 6.54. The summed E-state index contributed by atoms with van der Waals surface area (Å²) in [6.45, 7) is 4.19. The van der Waals surface area contributed by atoms with Gasteiger partial charge in [-0.2, -0.15) is 0 Å². The first-order chi connectivity index (χ1) is 18.9. The summed E-state index contributed by atoms with van der Waals surface area (Å²) >= 11 is 0. The molecular weight excluding hydrogens is 494 g/mol. The zero-order valence-electron chi connectivity index (χ0n) is 21.8. The number of amides is 3. The van der Waals surface area contributed by atoms with Crippen molar-refractivity contribution in [2.24, 2.45) is 0 Å². The lowest BCUT2D eigenvalue weighted by molar-refractivity contribution is -0.123. The van der Waals surface area contributed by atoms with E-state index in [1.165, 1.54) is 13.3 Å². The largest absolute Gasteiger partial charge is 0.390 e. The Bertz CT molecular complexity index is 1640. The molecular formula is C30H31N5O4. The number of rotatable bonds is 7. The number of nitrogens with zero attached hydrogens (tertiary/aromatic N) is 2. The summed E-state index contributed by atoms with van der Waals surface area (Å²) in [4.78, 5) is 44.0. The lowest BCUT2D eigenvalue weighted by atomic mass is 9.95. The van der Waals surface area contributed by atoms with Crippen LogP contribution in [0.3, 0.4) is 0 Å². The molecule has 4 aromatic rings. The molecule has 1 fully saturated rings. The summed E-state index contributed by atoms with van der Waals surface area (Å²) in [6.07, 6.45) is 6.39. The van der Waals surface area contributed by atoms with E-state index in [1.54, 1.807) is 12.3 Å². The van der Waals surface area contributed by atoms with E-state index in [0.29, 0.717) is 39.8 Å². The van der Waals surface area contributed by atoms with Crippen LogP contribution in [0.25, 0.3) is 33.0 Å². The summed E-state index contributed by atoms with van der Waals surface area (Å²) in [7, 11) is 0. The van der Waals surface area contributed by atoms with Crippen LogP contribution in [-0.4, -0.2) is 63.0 Å². The molecule has 6 rings (SSSR count). The van der Waals surface area contributed by atoms with E-state index in [-0.39, 0.29) is 18.0 Å². The number of fused-ring (bicyclic) bond motifs is 2. The highest BCUT2D eigenvalue weighted by Crippen LogP contribution is 2.40. The van der Waals surface area contributed by atoms with Crippen LogP contribution in [0.1, 0.15) is 37.3 Å². The van der Waals surface area contributed by atoms with Gasteiger partial charge in [-0.3, -0.25) is 19.7 Å². The maximum absolute atomic E-state index is 13.3. The van der Waals surface area contributed by atoms with Crippen molar-refractivity contribution in [3.8, 4) is 0 Å². The normalized spacial score (nSPS) is 17.3. The number of carbonyl (C=O) groups is 3. The van der Waals surface area contributed by atoms with Gasteiger partial charge in [0.15, 0.2) is 0 Å². The molecule has 4 heterocycles. The summed E-state index contributed by atoms with van der Waals surface area (Å²) in [5, 5.41) is 18.0. The molecule has 39 heavy (non-hydrogen) atoms. The van der Waals surface area contributed by atoms with Crippen LogP contribution in [0.2, 0.25) is 0 Å². The van der Waals surface area contributed by atoms with Crippen LogP contribution in [0.15, 0.2) is 54.9 Å². The maximum Gasteiger partial charge on any atom is 0.259 e. The Labute approximate surface area is 225 Å². The fourth-order valence-electron chi connectivity index (χ4n) is 5.97. The number of carbonyl (C=O) groups excluding carboxylic acids is 3. The number of aromatic amines is 1. The highest BCUT2D eigenvalue weighted by Gasteiger charge is 2.35. The van der Waals surface area contributed by atoms with Gasteiger partial charge in [0.05, 0.1) is 28.5 Å². The number of likely N-dealkylation sites (tertiary alicyclic amines) is 1. The zero-order valence-corrected chi connectivity index (χ0v) is 21.8. The van der Waals surface area contributed by atoms with Crippen molar-refractivity contribution < 1.29 is 19.5 Å². The van der Waals surface area contributed by atoms with Crippen molar-refractivity contribution in [1.29, 1.82) is 0 Å². The molecule has 2 aromatic carbocycles. The second-order valence-electron chi connectivity index (χ2n) is 10.4. The molecule has 200 valence electrons. The summed E-state index contributed by atoms with van der Waals surface area (Å²) < 4.78 is 1.89. The first-order valence-corrected chi connectivity index (χ1v) is 13.4. The summed E-state index contributed by atoms with van der Waals surface area (Å²) in [5.41, 5.74) is 3.93. The Morgan fingerprint density at radius 3 is 2.44 bits per heavy atom. The lowest BCUT2D eigenvalue weighted by Gasteiger charge is -2.28. The number of hydrogen-bond acceptors (Lipinski definition) is 5. The van der Waals surface area contributed by atoms with Gasteiger partial charge in [-0.1, -0.05) is 36.8 Å². The topological polar surface area (TPSA) is 119 Å². The van der Waals surface area contributed by atoms with Crippen molar-refractivity contribution >= 4 is 56.4 Å². The van der Waals surface area contributed by atoms with Crippen LogP contribution in [-0.2, 0) is 20.9 Å². The van der Waals surface area contributed by atoms with Gasteiger partial charge in [-0.15, -0.1) is 0 Å². The second-order valence-corrected chi connectivity index (χ2v) is 10.4. The van der Waals surface area contributed by atoms with Crippen LogP contribution >= 0.6 is 0 Å². The summed E-state index contributed by atoms with van der Waals surface area (Å²) in [5.74, 6) is -1.15. The van der Waals surface area contributed by atoms with Crippen LogP contribution in [0.4, 0.5) is 5.69 Å². The molecule has 9 nitrogen and oxygen atoms in total. The van der Waals surface area contributed by atoms with Crippen molar-refractivity contribution in [1.82, 2.24) is 19.8 Å². The van der Waals surface area contributed by atoms with Gasteiger partial charge in [-0.25, -0.2) is 0 Å². The van der Waals surface area contributed by atoms with Gasteiger partial charge in [0.2, 0.25) is 5.91 Å². The minimum Gasteiger partial charge on any atom is -0.390 e. The maximum atomic E-state index is 13.3. The van der Waals surface area contributed by atoms with Crippen LogP contribution in [0.5, 0.6) is 0 Å². The van der Waals surface area contributed by atoms with Gasteiger partial charge in [0, 0.05) is 59.8 Å². The van der Waals surface area contributed by atoms with Crippen molar-refractivity contribution in [3.05, 3.63) is 66.0 Å². The number of aliphatic hydroxyl groups excluding tert-OH is 1. The average molecular weight is 526 g/mol. The SMILES string of the molecule is CC(=O)Nc1cccc2c(C3=C(c4c[nH]c5ccccc45)C(=O)NC3=O)cn(CC(O)CN3CCCCC3)c12. The molecule has 4 N–H and O–H groups in total. The molecule has 1 atom stereocenters. The molecule has 2 aromatic heterocycles. The number of H-pyrrole nitrogens is 1. The summed E-state index contributed by atoms with van der Waals surface area (Å²) in [6, 6.07) is 13.1. The molecule has 2 aliphatic rings. The number of aliphatic hydroxyl groups is 1. The molecule has 2 aliphatic heterocycles. The lowest BCUT2D eigenvalue weighted by Crippen LogP contribution is -2.38. The standard InChI is InChI=1S/C30H31N5O4/c1-18(36)32-25-11-7-9-21-23(17-35(28(21)25)16-19(37)15-34-12-5-2-6-13-34)27-26(29(38)33-30(27)39)22-14-31-24-10-4-3-8-20(22)24/h3-4,7-11,14,17,19,31,37H,2,5-6,12-13,15-16H2,1H3,(H,32,36)(H,33,38,39). The fourth-order valence-corrected chi connectivity index (χ4v) is 5.97.